The van der Waals surface area contributed by atoms with Crippen LogP contribution >= 0.6 is 0 Å². The summed E-state index contributed by atoms with van der Waals surface area (Å²) in [4.78, 5) is 11.2. The highest BCUT2D eigenvalue weighted by molar-refractivity contribution is 5.82. The van der Waals surface area contributed by atoms with Crippen LogP contribution in [0.2, 0.25) is 0 Å². The number of nitrogens with zero attached hydrogens (tertiary/aromatic N) is 3. The van der Waals surface area contributed by atoms with E-state index in [-0.39, 0.29) is 5.69 Å². The van der Waals surface area contributed by atoms with E-state index in [0.29, 0.717) is 34.9 Å². The van der Waals surface area contributed by atoms with Crippen LogP contribution in [0.5, 0.6) is 11.5 Å². The van der Waals surface area contributed by atoms with E-state index < -0.39 is 0 Å². The van der Waals surface area contributed by atoms with Gasteiger partial charge in [0, 0.05) is 6.07 Å². The van der Waals surface area contributed by atoms with Gasteiger partial charge in [-0.05, 0) is 24.3 Å². The van der Waals surface area contributed by atoms with Gasteiger partial charge < -0.3 is 13.9 Å². The average Bonchev–Trinajstić information content (AvgIpc) is 3.22. The molecule has 0 aliphatic carbocycles. The number of methoxy groups -OCH3 is 2. The van der Waals surface area contributed by atoms with Gasteiger partial charge in [-0.2, -0.15) is 0 Å². The quantitative estimate of drug-likeness (QED) is 0.673. The van der Waals surface area contributed by atoms with Gasteiger partial charge in [-0.3, -0.25) is 4.79 Å². The maximum atomic E-state index is 11.2. The van der Waals surface area contributed by atoms with Crippen molar-refractivity contribution in [3.05, 3.63) is 42.3 Å². The van der Waals surface area contributed by atoms with Crippen LogP contribution in [0, 0.1) is 0 Å². The molecular weight excluding hydrogens is 286 g/mol. The van der Waals surface area contributed by atoms with Crippen molar-refractivity contribution in [3.8, 4) is 28.6 Å². The minimum Gasteiger partial charge on any atom is -0.497 e. The van der Waals surface area contributed by atoms with Crippen molar-refractivity contribution in [2.24, 2.45) is 0 Å². The van der Waals surface area contributed by atoms with E-state index in [9.17, 15) is 4.79 Å². The molecular formula is C15H13N3O4. The van der Waals surface area contributed by atoms with E-state index in [1.165, 1.54) is 10.9 Å². The lowest BCUT2D eigenvalue weighted by Gasteiger charge is -2.11. The van der Waals surface area contributed by atoms with E-state index >= 15 is 0 Å². The second-order valence-electron chi connectivity index (χ2n) is 4.37. The SMILES string of the molecule is COc1ccc(-n2nnc(C=O)c2-c2ccco2)c(OC)c1. The summed E-state index contributed by atoms with van der Waals surface area (Å²) in [5.41, 5.74) is 1.27. The Morgan fingerprint density at radius 1 is 1.23 bits per heavy atom. The van der Waals surface area contributed by atoms with Crippen LogP contribution in [0.4, 0.5) is 0 Å². The van der Waals surface area contributed by atoms with Crippen LogP contribution < -0.4 is 9.47 Å². The van der Waals surface area contributed by atoms with Crippen LogP contribution in [0.15, 0.2) is 41.0 Å². The molecule has 7 nitrogen and oxygen atoms in total. The highest BCUT2D eigenvalue weighted by atomic mass is 16.5. The Hall–Kier alpha value is -3.09. The lowest BCUT2D eigenvalue weighted by molar-refractivity contribution is 0.111. The Kier molecular flexibility index (Phi) is 3.61. The molecule has 0 fully saturated rings. The fourth-order valence-corrected chi connectivity index (χ4v) is 2.15. The van der Waals surface area contributed by atoms with Gasteiger partial charge in [0.15, 0.2) is 17.7 Å². The molecule has 0 radical (unpaired) electrons. The van der Waals surface area contributed by atoms with Gasteiger partial charge in [-0.1, -0.05) is 5.21 Å². The summed E-state index contributed by atoms with van der Waals surface area (Å²) < 4.78 is 17.4. The maximum Gasteiger partial charge on any atom is 0.172 e. The summed E-state index contributed by atoms with van der Waals surface area (Å²) in [5.74, 6) is 1.68. The van der Waals surface area contributed by atoms with E-state index in [1.54, 1.807) is 44.6 Å². The Morgan fingerprint density at radius 3 is 2.73 bits per heavy atom. The number of aromatic nitrogens is 3. The number of carbonyl (C=O) groups is 1. The summed E-state index contributed by atoms with van der Waals surface area (Å²) in [5, 5.41) is 7.91. The molecule has 0 saturated heterocycles. The van der Waals surface area contributed by atoms with Crippen LogP contribution in [0.25, 0.3) is 17.1 Å². The topological polar surface area (TPSA) is 79.4 Å². The molecule has 7 heteroatoms. The Balaban J connectivity index is 2.21. The number of aldehydes is 1. The fourth-order valence-electron chi connectivity index (χ4n) is 2.15. The number of furan rings is 1. The van der Waals surface area contributed by atoms with Crippen molar-refractivity contribution in [1.29, 1.82) is 0 Å². The molecule has 1 aromatic carbocycles. The molecule has 3 aromatic rings. The largest absolute Gasteiger partial charge is 0.497 e. The van der Waals surface area contributed by atoms with Crippen molar-refractivity contribution in [3.63, 3.8) is 0 Å². The van der Waals surface area contributed by atoms with Gasteiger partial charge in [-0.15, -0.1) is 5.10 Å². The predicted molar refractivity (Wildman–Crippen MR) is 77.6 cm³/mol. The van der Waals surface area contributed by atoms with Crippen molar-refractivity contribution in [2.45, 2.75) is 0 Å². The van der Waals surface area contributed by atoms with E-state index in [2.05, 4.69) is 10.3 Å². The number of ether oxygens (including phenoxy) is 2. The number of hydrogen-bond donors (Lipinski definition) is 0. The lowest BCUT2D eigenvalue weighted by Crippen LogP contribution is -2.02. The van der Waals surface area contributed by atoms with Crippen molar-refractivity contribution >= 4 is 6.29 Å². The smallest absolute Gasteiger partial charge is 0.172 e. The van der Waals surface area contributed by atoms with Gasteiger partial charge in [0.05, 0.1) is 20.5 Å². The highest BCUT2D eigenvalue weighted by Crippen LogP contribution is 2.32. The Bertz CT molecular complexity index is 793. The molecule has 0 unspecified atom stereocenters. The van der Waals surface area contributed by atoms with E-state index in [1.807, 2.05) is 0 Å². The molecule has 0 aliphatic heterocycles. The first-order valence-electron chi connectivity index (χ1n) is 6.45. The first-order chi connectivity index (χ1) is 10.8. The highest BCUT2D eigenvalue weighted by Gasteiger charge is 2.20. The van der Waals surface area contributed by atoms with Crippen LogP contribution in [0.3, 0.4) is 0 Å². The normalized spacial score (nSPS) is 10.5. The molecule has 0 bridgehead atoms. The number of rotatable bonds is 5. The zero-order valence-corrected chi connectivity index (χ0v) is 12.0. The fraction of sp³-hybridized carbons (Fsp3) is 0.133. The first kappa shape index (κ1) is 13.9. The van der Waals surface area contributed by atoms with Gasteiger partial charge >= 0.3 is 0 Å². The molecule has 0 amide bonds. The zero-order chi connectivity index (χ0) is 15.5. The summed E-state index contributed by atoms with van der Waals surface area (Å²) in [7, 11) is 3.12. The number of carbonyl (C=O) groups excluding carboxylic acids is 1. The van der Waals surface area contributed by atoms with E-state index in [0.717, 1.165) is 0 Å². The van der Waals surface area contributed by atoms with Gasteiger partial charge in [0.25, 0.3) is 0 Å². The molecule has 0 spiro atoms. The van der Waals surface area contributed by atoms with E-state index in [4.69, 9.17) is 13.9 Å². The van der Waals surface area contributed by atoms with Crippen molar-refractivity contribution in [1.82, 2.24) is 15.0 Å². The third-order valence-electron chi connectivity index (χ3n) is 3.18. The molecule has 112 valence electrons. The molecule has 2 aromatic heterocycles. The summed E-state index contributed by atoms with van der Waals surface area (Å²) >= 11 is 0. The van der Waals surface area contributed by atoms with Crippen LogP contribution in [-0.2, 0) is 0 Å². The second kappa shape index (κ2) is 5.72. The molecule has 0 saturated carbocycles. The molecule has 0 atom stereocenters. The molecule has 2 heterocycles. The molecule has 22 heavy (non-hydrogen) atoms. The second-order valence-corrected chi connectivity index (χ2v) is 4.37. The third-order valence-corrected chi connectivity index (χ3v) is 3.18. The third kappa shape index (κ3) is 2.22. The Labute approximate surface area is 126 Å². The minimum atomic E-state index is 0.188. The summed E-state index contributed by atoms with van der Waals surface area (Å²) in [6.45, 7) is 0. The standard InChI is InChI=1S/C15H13N3O4/c1-20-10-5-6-12(14(8-10)21-2)18-15(11(9-19)16-17-18)13-4-3-7-22-13/h3-9H,1-2H3. The van der Waals surface area contributed by atoms with Crippen molar-refractivity contribution < 1.29 is 18.7 Å². The summed E-state index contributed by atoms with van der Waals surface area (Å²) in [6.07, 6.45) is 2.16. The maximum absolute atomic E-state index is 11.2. The predicted octanol–water partition coefficient (Wildman–Crippen LogP) is 2.36. The zero-order valence-electron chi connectivity index (χ0n) is 12.0. The number of hydrogen-bond acceptors (Lipinski definition) is 6. The number of benzene rings is 1. The van der Waals surface area contributed by atoms with Gasteiger partial charge in [0.1, 0.15) is 22.9 Å². The molecule has 3 rings (SSSR count). The Morgan fingerprint density at radius 2 is 2.09 bits per heavy atom. The monoisotopic (exact) mass is 299 g/mol. The lowest BCUT2D eigenvalue weighted by atomic mass is 10.2. The minimum absolute atomic E-state index is 0.188. The van der Waals surface area contributed by atoms with Crippen LogP contribution in [-0.4, -0.2) is 35.5 Å². The van der Waals surface area contributed by atoms with Crippen molar-refractivity contribution in [2.75, 3.05) is 14.2 Å². The van der Waals surface area contributed by atoms with Crippen LogP contribution in [0.1, 0.15) is 10.5 Å². The summed E-state index contributed by atoms with van der Waals surface area (Å²) in [6, 6.07) is 8.73. The first-order valence-corrected chi connectivity index (χ1v) is 6.45. The van der Waals surface area contributed by atoms with Gasteiger partial charge in [0.2, 0.25) is 0 Å². The average molecular weight is 299 g/mol. The molecule has 0 N–H and O–H groups in total. The van der Waals surface area contributed by atoms with Gasteiger partial charge in [-0.25, -0.2) is 4.68 Å². The molecule has 0 aliphatic rings.